The Morgan fingerprint density at radius 2 is 1.84 bits per heavy atom. The van der Waals surface area contributed by atoms with Gasteiger partial charge in [0, 0.05) is 17.4 Å². The van der Waals surface area contributed by atoms with Crippen LogP contribution in [-0.4, -0.2) is 4.92 Å². The zero-order chi connectivity index (χ0) is 14.0. The molecule has 5 nitrogen and oxygen atoms in total. The van der Waals surface area contributed by atoms with E-state index in [1.54, 1.807) is 25.1 Å². The molecule has 0 fully saturated rings. The number of nitro groups is 1. The first-order valence-electron chi connectivity index (χ1n) is 5.54. The van der Waals surface area contributed by atoms with Gasteiger partial charge < -0.3 is 11.1 Å². The van der Waals surface area contributed by atoms with E-state index in [1.165, 1.54) is 18.2 Å². The minimum atomic E-state index is -0.541. The number of benzene rings is 2. The van der Waals surface area contributed by atoms with Crippen LogP contribution in [0.1, 0.15) is 5.56 Å². The lowest BCUT2D eigenvalue weighted by atomic mass is 10.2. The van der Waals surface area contributed by atoms with E-state index in [9.17, 15) is 14.5 Å². The van der Waals surface area contributed by atoms with E-state index in [0.29, 0.717) is 16.9 Å². The maximum atomic E-state index is 13.1. The van der Waals surface area contributed by atoms with E-state index < -0.39 is 4.92 Å². The molecule has 19 heavy (non-hydrogen) atoms. The van der Waals surface area contributed by atoms with Crippen LogP contribution >= 0.6 is 0 Å². The van der Waals surface area contributed by atoms with Crippen molar-refractivity contribution >= 4 is 22.7 Å². The fourth-order valence-electron chi connectivity index (χ4n) is 1.69. The molecule has 0 amide bonds. The minimum absolute atomic E-state index is 0.0776. The molecule has 98 valence electrons. The third-order valence-corrected chi connectivity index (χ3v) is 2.67. The largest absolute Gasteiger partial charge is 0.393 e. The van der Waals surface area contributed by atoms with Crippen LogP contribution in [-0.2, 0) is 0 Å². The van der Waals surface area contributed by atoms with Gasteiger partial charge >= 0.3 is 0 Å². The Morgan fingerprint density at radius 1 is 1.21 bits per heavy atom. The highest BCUT2D eigenvalue weighted by molar-refractivity contribution is 5.70. The van der Waals surface area contributed by atoms with Crippen molar-refractivity contribution in [2.45, 2.75) is 6.92 Å². The molecule has 0 spiro atoms. The van der Waals surface area contributed by atoms with Crippen LogP contribution in [0.4, 0.5) is 27.1 Å². The lowest BCUT2D eigenvalue weighted by Gasteiger charge is -2.08. The quantitative estimate of drug-likeness (QED) is 0.504. The maximum Gasteiger partial charge on any atom is 0.292 e. The molecule has 0 aliphatic carbocycles. The van der Waals surface area contributed by atoms with Gasteiger partial charge in [-0.25, -0.2) is 4.39 Å². The SMILES string of the molecule is Cc1cc(Nc2ccc([N+](=O)[O-])c(N)c2)ccc1F. The fourth-order valence-corrected chi connectivity index (χ4v) is 1.69. The highest BCUT2D eigenvalue weighted by Gasteiger charge is 2.11. The number of hydrogen-bond acceptors (Lipinski definition) is 4. The van der Waals surface area contributed by atoms with E-state index in [0.717, 1.165) is 0 Å². The van der Waals surface area contributed by atoms with Gasteiger partial charge in [-0.1, -0.05) is 0 Å². The average Bonchev–Trinajstić information content (AvgIpc) is 2.33. The predicted molar refractivity (Wildman–Crippen MR) is 71.9 cm³/mol. The van der Waals surface area contributed by atoms with Crippen LogP contribution in [0.5, 0.6) is 0 Å². The number of nitro benzene ring substituents is 1. The van der Waals surface area contributed by atoms with Crippen molar-refractivity contribution < 1.29 is 9.31 Å². The van der Waals surface area contributed by atoms with Gasteiger partial charge in [0.15, 0.2) is 0 Å². The van der Waals surface area contributed by atoms with E-state index in [-0.39, 0.29) is 17.2 Å². The van der Waals surface area contributed by atoms with Gasteiger partial charge in [0.2, 0.25) is 0 Å². The van der Waals surface area contributed by atoms with Gasteiger partial charge in [0.05, 0.1) is 4.92 Å². The van der Waals surface area contributed by atoms with Crippen molar-refractivity contribution in [2.24, 2.45) is 0 Å². The number of aryl methyl sites for hydroxylation is 1. The van der Waals surface area contributed by atoms with Gasteiger partial charge in [0.1, 0.15) is 11.5 Å². The zero-order valence-electron chi connectivity index (χ0n) is 10.2. The number of nitrogens with zero attached hydrogens (tertiary/aromatic N) is 1. The lowest BCUT2D eigenvalue weighted by Crippen LogP contribution is -1.98. The molecule has 0 unspecified atom stereocenters. The van der Waals surface area contributed by atoms with Crippen LogP contribution in [0.15, 0.2) is 36.4 Å². The van der Waals surface area contributed by atoms with Crippen molar-refractivity contribution in [3.63, 3.8) is 0 Å². The molecule has 0 bridgehead atoms. The Morgan fingerprint density at radius 3 is 2.42 bits per heavy atom. The Balaban J connectivity index is 2.26. The Hall–Kier alpha value is -2.63. The molecule has 0 heterocycles. The monoisotopic (exact) mass is 261 g/mol. The summed E-state index contributed by atoms with van der Waals surface area (Å²) in [4.78, 5) is 10.1. The maximum absolute atomic E-state index is 13.1. The third-order valence-electron chi connectivity index (χ3n) is 2.67. The number of nitrogens with two attached hydrogens (primary N) is 1. The van der Waals surface area contributed by atoms with Crippen LogP contribution < -0.4 is 11.1 Å². The summed E-state index contributed by atoms with van der Waals surface area (Å²) >= 11 is 0. The first-order chi connectivity index (χ1) is 8.97. The second-order valence-electron chi connectivity index (χ2n) is 4.12. The van der Waals surface area contributed by atoms with E-state index in [4.69, 9.17) is 5.73 Å². The highest BCUT2D eigenvalue weighted by Crippen LogP contribution is 2.27. The molecule has 2 aromatic rings. The molecule has 3 N–H and O–H groups in total. The van der Waals surface area contributed by atoms with Gasteiger partial charge in [-0.2, -0.15) is 0 Å². The van der Waals surface area contributed by atoms with Gasteiger partial charge in [-0.05, 0) is 42.8 Å². The van der Waals surface area contributed by atoms with Crippen LogP contribution in [0.2, 0.25) is 0 Å². The second kappa shape index (κ2) is 4.93. The van der Waals surface area contributed by atoms with Crippen molar-refractivity contribution in [3.8, 4) is 0 Å². The first-order valence-corrected chi connectivity index (χ1v) is 5.54. The van der Waals surface area contributed by atoms with E-state index >= 15 is 0 Å². The highest BCUT2D eigenvalue weighted by atomic mass is 19.1. The predicted octanol–water partition coefficient (Wildman–Crippen LogP) is 3.37. The molecule has 0 saturated heterocycles. The van der Waals surface area contributed by atoms with Crippen molar-refractivity contribution in [1.29, 1.82) is 0 Å². The van der Waals surface area contributed by atoms with Crippen molar-refractivity contribution in [3.05, 3.63) is 57.9 Å². The second-order valence-corrected chi connectivity index (χ2v) is 4.12. The van der Waals surface area contributed by atoms with Crippen LogP contribution in [0.3, 0.4) is 0 Å². The molecular weight excluding hydrogens is 249 g/mol. The van der Waals surface area contributed by atoms with Crippen molar-refractivity contribution in [2.75, 3.05) is 11.1 Å². The summed E-state index contributed by atoms with van der Waals surface area (Å²) in [6, 6.07) is 8.93. The summed E-state index contributed by atoms with van der Waals surface area (Å²) in [7, 11) is 0. The Kier molecular flexibility index (Phi) is 3.33. The molecular formula is C13H12FN3O2. The summed E-state index contributed by atoms with van der Waals surface area (Å²) < 4.78 is 13.1. The fraction of sp³-hybridized carbons (Fsp3) is 0.0769. The first kappa shape index (κ1) is 12.8. The molecule has 0 saturated carbocycles. The molecule has 0 atom stereocenters. The molecule has 6 heteroatoms. The normalized spacial score (nSPS) is 10.2. The number of nitrogens with one attached hydrogen (secondary N) is 1. The van der Waals surface area contributed by atoms with Gasteiger partial charge in [-0.3, -0.25) is 10.1 Å². The molecule has 0 aromatic heterocycles. The topological polar surface area (TPSA) is 81.2 Å². The number of nitrogen functional groups attached to an aromatic ring is 1. The van der Waals surface area contributed by atoms with Gasteiger partial charge in [0.25, 0.3) is 5.69 Å². The average molecular weight is 261 g/mol. The van der Waals surface area contributed by atoms with Crippen LogP contribution in [0, 0.1) is 22.9 Å². The summed E-state index contributed by atoms with van der Waals surface area (Å²) in [6.45, 7) is 1.66. The summed E-state index contributed by atoms with van der Waals surface area (Å²) in [5.74, 6) is -0.284. The Bertz CT molecular complexity index is 644. The summed E-state index contributed by atoms with van der Waals surface area (Å²) in [5, 5.41) is 13.6. The molecule has 0 aliphatic heterocycles. The summed E-state index contributed by atoms with van der Waals surface area (Å²) in [5.41, 5.74) is 7.33. The van der Waals surface area contributed by atoms with E-state index in [1.807, 2.05) is 0 Å². The summed E-state index contributed by atoms with van der Waals surface area (Å²) in [6.07, 6.45) is 0. The van der Waals surface area contributed by atoms with E-state index in [2.05, 4.69) is 5.32 Å². The lowest BCUT2D eigenvalue weighted by molar-refractivity contribution is -0.383. The number of rotatable bonds is 3. The molecule has 2 rings (SSSR count). The number of hydrogen-bond donors (Lipinski definition) is 2. The zero-order valence-corrected chi connectivity index (χ0v) is 10.2. The molecule has 0 radical (unpaired) electrons. The molecule has 2 aromatic carbocycles. The number of halogens is 1. The van der Waals surface area contributed by atoms with Gasteiger partial charge in [-0.15, -0.1) is 0 Å². The minimum Gasteiger partial charge on any atom is -0.393 e. The third kappa shape index (κ3) is 2.79. The number of anilines is 3. The molecule has 0 aliphatic rings. The van der Waals surface area contributed by atoms with Crippen LogP contribution in [0.25, 0.3) is 0 Å². The standard InChI is InChI=1S/C13H12FN3O2/c1-8-6-9(2-4-11(8)14)16-10-3-5-13(17(18)19)12(15)7-10/h2-7,16H,15H2,1H3. The van der Waals surface area contributed by atoms with Crippen molar-refractivity contribution in [1.82, 2.24) is 0 Å². The smallest absolute Gasteiger partial charge is 0.292 e. The Labute approximate surface area is 109 Å².